The Balaban J connectivity index is 1.89. The zero-order valence-corrected chi connectivity index (χ0v) is 13.1. The topological polar surface area (TPSA) is 69.9 Å². The first-order valence-corrected chi connectivity index (χ1v) is 7.67. The van der Waals surface area contributed by atoms with Gasteiger partial charge in [0.05, 0.1) is 4.91 Å². The van der Waals surface area contributed by atoms with Crippen molar-refractivity contribution in [2.75, 3.05) is 0 Å². The van der Waals surface area contributed by atoms with Gasteiger partial charge in [-0.25, -0.2) is 4.99 Å². The molecular weight excluding hydrogens is 309 g/mol. The average molecular weight is 321 g/mol. The van der Waals surface area contributed by atoms with E-state index in [-0.39, 0.29) is 22.9 Å². The molecule has 0 atom stereocenters. The maximum Gasteiger partial charge on any atom is 0.284 e. The summed E-state index contributed by atoms with van der Waals surface area (Å²) in [6.45, 7) is 1.99. The van der Waals surface area contributed by atoms with Gasteiger partial charge in [-0.15, -0.1) is 0 Å². The van der Waals surface area contributed by atoms with Crippen LogP contribution < -0.4 is 5.46 Å². The minimum atomic E-state index is -0.367. The number of thioether (sulfide) groups is 1. The van der Waals surface area contributed by atoms with Crippen LogP contribution in [0.1, 0.15) is 16.7 Å². The molecule has 2 radical (unpaired) electrons. The van der Waals surface area contributed by atoms with Crippen molar-refractivity contribution in [3.05, 3.63) is 58.0 Å². The molecule has 0 spiro atoms. The molecule has 0 fully saturated rings. The third kappa shape index (κ3) is 3.17. The Labute approximate surface area is 139 Å². The molecule has 0 aliphatic carbocycles. The van der Waals surface area contributed by atoms with Crippen molar-refractivity contribution < 1.29 is 15.0 Å². The third-order valence-electron chi connectivity index (χ3n) is 3.36. The Hall–Kier alpha value is -2.47. The van der Waals surface area contributed by atoms with Gasteiger partial charge in [0.2, 0.25) is 0 Å². The van der Waals surface area contributed by atoms with Crippen LogP contribution in [0.5, 0.6) is 11.5 Å². The van der Waals surface area contributed by atoms with Gasteiger partial charge in [0, 0.05) is 5.56 Å². The van der Waals surface area contributed by atoms with Crippen LogP contribution in [-0.2, 0) is 4.79 Å². The van der Waals surface area contributed by atoms with Crippen molar-refractivity contribution in [1.29, 1.82) is 0 Å². The van der Waals surface area contributed by atoms with Crippen LogP contribution in [0.3, 0.4) is 0 Å². The van der Waals surface area contributed by atoms with Crippen LogP contribution in [0.4, 0.5) is 0 Å². The summed E-state index contributed by atoms with van der Waals surface area (Å²) in [5, 5.41) is 19.7. The van der Waals surface area contributed by atoms with E-state index in [9.17, 15) is 15.0 Å². The van der Waals surface area contributed by atoms with Gasteiger partial charge in [-0.2, -0.15) is 0 Å². The van der Waals surface area contributed by atoms with Gasteiger partial charge in [0.1, 0.15) is 18.6 Å². The minimum absolute atomic E-state index is 0.0481. The van der Waals surface area contributed by atoms with Gasteiger partial charge < -0.3 is 10.2 Å². The Morgan fingerprint density at radius 3 is 2.52 bits per heavy atom. The normalized spacial score (nSPS) is 16.0. The number of benzene rings is 2. The summed E-state index contributed by atoms with van der Waals surface area (Å²) in [4.78, 5) is 16.5. The number of phenolic OH excluding ortho intramolecular Hbond substituents is 2. The second-order valence-corrected chi connectivity index (χ2v) is 6.21. The standard InChI is InChI=1S/C17H12BNO3S/c1-9-2-4-11(5-3-9)17-19-16(22)14(23-17)8-10-6-12(18)15(21)13(20)7-10/h2-8,20-21H,1H3. The molecule has 6 heteroatoms. The highest BCUT2D eigenvalue weighted by Crippen LogP contribution is 2.33. The zero-order chi connectivity index (χ0) is 16.6. The molecule has 4 nitrogen and oxygen atoms in total. The molecule has 0 saturated heterocycles. The number of nitrogens with zero attached hydrogens (tertiary/aromatic N) is 1. The monoisotopic (exact) mass is 321 g/mol. The number of hydrogen-bond acceptors (Lipinski definition) is 4. The summed E-state index contributed by atoms with van der Waals surface area (Å²) in [6, 6.07) is 10.6. The van der Waals surface area contributed by atoms with E-state index in [1.54, 1.807) is 6.08 Å². The molecule has 2 aromatic rings. The van der Waals surface area contributed by atoms with Crippen LogP contribution in [0, 0.1) is 6.92 Å². The van der Waals surface area contributed by atoms with Gasteiger partial charge in [0.15, 0.2) is 5.75 Å². The van der Waals surface area contributed by atoms with Crippen LogP contribution in [0.2, 0.25) is 0 Å². The molecule has 0 bridgehead atoms. The van der Waals surface area contributed by atoms with E-state index in [0.29, 0.717) is 15.5 Å². The van der Waals surface area contributed by atoms with Gasteiger partial charge in [-0.1, -0.05) is 53.1 Å². The molecule has 0 aromatic heterocycles. The van der Waals surface area contributed by atoms with Gasteiger partial charge in [-0.05, 0) is 24.6 Å². The number of carbonyl (C=O) groups is 1. The highest BCUT2D eigenvalue weighted by molar-refractivity contribution is 8.19. The van der Waals surface area contributed by atoms with Crippen LogP contribution in [0.15, 0.2) is 46.3 Å². The lowest BCUT2D eigenvalue weighted by Crippen LogP contribution is -2.03. The highest BCUT2D eigenvalue weighted by atomic mass is 32.2. The number of aromatic hydroxyl groups is 2. The fraction of sp³-hybridized carbons (Fsp3) is 0.0588. The van der Waals surface area contributed by atoms with Crippen molar-refractivity contribution in [3.63, 3.8) is 0 Å². The van der Waals surface area contributed by atoms with Crippen molar-refractivity contribution in [2.45, 2.75) is 6.92 Å². The number of rotatable bonds is 2. The first-order chi connectivity index (χ1) is 10.9. The molecule has 112 valence electrons. The molecule has 2 aromatic carbocycles. The lowest BCUT2D eigenvalue weighted by Gasteiger charge is -2.04. The first kappa shape index (κ1) is 15.4. The van der Waals surface area contributed by atoms with Crippen LogP contribution >= 0.6 is 11.8 Å². The zero-order valence-electron chi connectivity index (χ0n) is 12.3. The number of aryl methyl sites for hydroxylation is 1. The molecule has 1 aliphatic heterocycles. The second-order valence-electron chi connectivity index (χ2n) is 5.18. The predicted molar refractivity (Wildman–Crippen MR) is 93.5 cm³/mol. The molecule has 0 saturated carbocycles. The maximum absolute atomic E-state index is 12.0. The molecule has 1 amide bonds. The smallest absolute Gasteiger partial charge is 0.284 e. The van der Waals surface area contributed by atoms with E-state index in [4.69, 9.17) is 7.85 Å². The van der Waals surface area contributed by atoms with Gasteiger partial charge >= 0.3 is 0 Å². The Morgan fingerprint density at radius 2 is 1.87 bits per heavy atom. The summed E-state index contributed by atoms with van der Waals surface area (Å²) in [7, 11) is 5.60. The number of phenols is 2. The molecule has 23 heavy (non-hydrogen) atoms. The third-order valence-corrected chi connectivity index (χ3v) is 4.39. The first-order valence-electron chi connectivity index (χ1n) is 6.85. The lowest BCUT2D eigenvalue weighted by molar-refractivity contribution is -0.113. The quantitative estimate of drug-likeness (QED) is 0.506. The average Bonchev–Trinajstić information content (AvgIpc) is 2.86. The van der Waals surface area contributed by atoms with E-state index in [1.807, 2.05) is 31.2 Å². The van der Waals surface area contributed by atoms with E-state index in [0.717, 1.165) is 11.1 Å². The summed E-state index contributed by atoms with van der Waals surface area (Å²) >= 11 is 1.27. The molecule has 0 unspecified atom stereocenters. The van der Waals surface area contributed by atoms with E-state index in [2.05, 4.69) is 4.99 Å². The summed E-state index contributed by atoms with van der Waals surface area (Å²) < 4.78 is 0. The molecule has 1 aliphatic rings. The molecular formula is C17H12BNO3S. The number of hydrogen-bond donors (Lipinski definition) is 2. The Kier molecular flexibility index (Phi) is 4.00. The summed E-state index contributed by atoms with van der Waals surface area (Å²) in [6.07, 6.45) is 1.59. The van der Waals surface area contributed by atoms with E-state index in [1.165, 1.54) is 23.9 Å². The number of aliphatic imine (C=N–C) groups is 1. The molecule has 3 rings (SSSR count). The lowest BCUT2D eigenvalue weighted by atomic mass is 9.92. The van der Waals surface area contributed by atoms with Crippen molar-refractivity contribution in [3.8, 4) is 11.5 Å². The molecule has 2 N–H and O–H groups in total. The van der Waals surface area contributed by atoms with Crippen LogP contribution in [0.25, 0.3) is 6.08 Å². The highest BCUT2D eigenvalue weighted by Gasteiger charge is 2.23. The van der Waals surface area contributed by atoms with Crippen molar-refractivity contribution in [2.24, 2.45) is 4.99 Å². The second kappa shape index (κ2) is 5.97. The number of amides is 1. The Morgan fingerprint density at radius 1 is 1.17 bits per heavy atom. The predicted octanol–water partition coefficient (Wildman–Crippen LogP) is 2.26. The van der Waals surface area contributed by atoms with Crippen molar-refractivity contribution >= 4 is 42.1 Å². The largest absolute Gasteiger partial charge is 0.505 e. The van der Waals surface area contributed by atoms with Gasteiger partial charge in [-0.3, -0.25) is 4.79 Å². The van der Waals surface area contributed by atoms with Gasteiger partial charge in [0.25, 0.3) is 5.91 Å². The Bertz CT molecular complexity index is 834. The van der Waals surface area contributed by atoms with E-state index < -0.39 is 0 Å². The minimum Gasteiger partial charge on any atom is -0.505 e. The summed E-state index contributed by atoms with van der Waals surface area (Å²) in [5.74, 6) is -1.03. The fourth-order valence-corrected chi connectivity index (χ4v) is 3.05. The van der Waals surface area contributed by atoms with Crippen molar-refractivity contribution in [1.82, 2.24) is 0 Å². The summed E-state index contributed by atoms with van der Waals surface area (Å²) in [5.41, 5.74) is 2.58. The molecule has 1 heterocycles. The van der Waals surface area contributed by atoms with E-state index >= 15 is 0 Å². The SMILES string of the molecule is [B]c1cc(C=C2SC(c3ccc(C)cc3)=NC2=O)cc(O)c1O. The fourth-order valence-electron chi connectivity index (χ4n) is 2.13. The van der Waals surface area contributed by atoms with Crippen LogP contribution in [-0.4, -0.2) is 29.0 Å². The number of carbonyl (C=O) groups excluding carboxylic acids is 1. The maximum atomic E-state index is 12.0.